The van der Waals surface area contributed by atoms with E-state index in [0.717, 1.165) is 13.1 Å². The van der Waals surface area contributed by atoms with E-state index in [-0.39, 0.29) is 5.56 Å². The van der Waals surface area contributed by atoms with Crippen molar-refractivity contribution < 1.29 is 4.39 Å². The van der Waals surface area contributed by atoms with Crippen LogP contribution >= 0.6 is 0 Å². The molecule has 0 aromatic heterocycles. The minimum absolute atomic E-state index is 0.103. The van der Waals surface area contributed by atoms with Gasteiger partial charge in [-0.25, -0.2) is 4.39 Å². The number of benzene rings is 1. The Morgan fingerprint density at radius 3 is 2.84 bits per heavy atom. The van der Waals surface area contributed by atoms with Crippen LogP contribution in [0.5, 0.6) is 0 Å². The predicted molar refractivity (Wildman–Crippen MR) is 74.5 cm³/mol. The Labute approximate surface area is 114 Å². The number of nitriles is 1. The second kappa shape index (κ2) is 6.53. The Kier molecular flexibility index (Phi) is 4.75. The van der Waals surface area contributed by atoms with Crippen LogP contribution in [0.2, 0.25) is 0 Å². The lowest BCUT2D eigenvalue weighted by atomic mass is 10.2. The van der Waals surface area contributed by atoms with Gasteiger partial charge in [0, 0.05) is 19.1 Å². The SMILES string of the molecule is CN(CCNc1cccc(F)c1C#N)C1CCCC1. The van der Waals surface area contributed by atoms with Gasteiger partial charge in [0.05, 0.1) is 5.69 Å². The third-order valence-corrected chi connectivity index (χ3v) is 3.85. The molecule has 0 atom stereocenters. The van der Waals surface area contributed by atoms with Gasteiger partial charge in [-0.05, 0) is 32.0 Å². The van der Waals surface area contributed by atoms with E-state index >= 15 is 0 Å². The molecule has 4 heteroatoms. The quantitative estimate of drug-likeness (QED) is 0.885. The molecule has 2 rings (SSSR count). The summed E-state index contributed by atoms with van der Waals surface area (Å²) in [6.07, 6.45) is 5.20. The standard InChI is InChI=1S/C15H20FN3/c1-19(12-5-2-3-6-12)10-9-18-15-8-4-7-14(16)13(15)11-17/h4,7-8,12,18H,2-3,5-6,9-10H2,1H3. The molecule has 0 saturated heterocycles. The summed E-state index contributed by atoms with van der Waals surface area (Å²) in [5, 5.41) is 12.1. The van der Waals surface area contributed by atoms with Crippen LogP contribution in [-0.4, -0.2) is 31.1 Å². The Balaban J connectivity index is 1.86. The van der Waals surface area contributed by atoms with Crippen LogP contribution in [0.4, 0.5) is 10.1 Å². The highest BCUT2D eigenvalue weighted by Gasteiger charge is 2.18. The number of rotatable bonds is 5. The van der Waals surface area contributed by atoms with E-state index in [0.29, 0.717) is 11.7 Å². The monoisotopic (exact) mass is 261 g/mol. The molecule has 19 heavy (non-hydrogen) atoms. The molecular formula is C15H20FN3. The summed E-state index contributed by atoms with van der Waals surface area (Å²) in [4.78, 5) is 2.35. The third-order valence-electron chi connectivity index (χ3n) is 3.85. The molecule has 0 heterocycles. The van der Waals surface area contributed by atoms with Crippen molar-refractivity contribution in [3.8, 4) is 6.07 Å². The van der Waals surface area contributed by atoms with E-state index in [9.17, 15) is 4.39 Å². The summed E-state index contributed by atoms with van der Waals surface area (Å²) in [5.41, 5.74) is 0.688. The zero-order valence-electron chi connectivity index (χ0n) is 11.3. The van der Waals surface area contributed by atoms with Crippen molar-refractivity contribution in [2.24, 2.45) is 0 Å². The van der Waals surface area contributed by atoms with Crippen molar-refractivity contribution >= 4 is 5.69 Å². The molecule has 3 nitrogen and oxygen atoms in total. The summed E-state index contributed by atoms with van der Waals surface area (Å²) < 4.78 is 13.4. The summed E-state index contributed by atoms with van der Waals surface area (Å²) in [7, 11) is 2.13. The summed E-state index contributed by atoms with van der Waals surface area (Å²) >= 11 is 0. The fourth-order valence-corrected chi connectivity index (χ4v) is 2.68. The topological polar surface area (TPSA) is 39.1 Å². The smallest absolute Gasteiger partial charge is 0.143 e. The van der Waals surface area contributed by atoms with Gasteiger partial charge in [-0.1, -0.05) is 18.9 Å². The molecule has 0 amide bonds. The van der Waals surface area contributed by atoms with Crippen LogP contribution in [0.25, 0.3) is 0 Å². The van der Waals surface area contributed by atoms with Crippen molar-refractivity contribution in [2.75, 3.05) is 25.5 Å². The minimum Gasteiger partial charge on any atom is -0.383 e. The summed E-state index contributed by atoms with van der Waals surface area (Å²) in [5.74, 6) is -0.461. The van der Waals surface area contributed by atoms with Gasteiger partial charge in [-0.2, -0.15) is 5.26 Å². The molecule has 0 spiro atoms. The van der Waals surface area contributed by atoms with Gasteiger partial charge in [0.15, 0.2) is 0 Å². The minimum atomic E-state index is -0.461. The number of halogens is 1. The van der Waals surface area contributed by atoms with E-state index in [1.807, 2.05) is 6.07 Å². The summed E-state index contributed by atoms with van der Waals surface area (Å²) in [6.45, 7) is 1.64. The fraction of sp³-hybridized carbons (Fsp3) is 0.533. The first-order valence-electron chi connectivity index (χ1n) is 6.85. The van der Waals surface area contributed by atoms with Gasteiger partial charge in [0.2, 0.25) is 0 Å². The average Bonchev–Trinajstić information content (AvgIpc) is 2.93. The highest BCUT2D eigenvalue weighted by molar-refractivity contribution is 5.57. The van der Waals surface area contributed by atoms with Crippen LogP contribution in [0.3, 0.4) is 0 Å². The number of nitrogens with zero attached hydrogens (tertiary/aromatic N) is 2. The third kappa shape index (κ3) is 3.45. The van der Waals surface area contributed by atoms with Gasteiger partial charge < -0.3 is 10.2 Å². The van der Waals surface area contributed by atoms with E-state index in [1.54, 1.807) is 12.1 Å². The van der Waals surface area contributed by atoms with Gasteiger partial charge in [-0.3, -0.25) is 0 Å². The van der Waals surface area contributed by atoms with Gasteiger partial charge in [0.25, 0.3) is 0 Å². The van der Waals surface area contributed by atoms with Crippen LogP contribution in [-0.2, 0) is 0 Å². The number of hydrogen-bond acceptors (Lipinski definition) is 3. The first kappa shape index (κ1) is 13.8. The van der Waals surface area contributed by atoms with Crippen LogP contribution < -0.4 is 5.32 Å². The van der Waals surface area contributed by atoms with E-state index in [2.05, 4.69) is 17.3 Å². The second-order valence-electron chi connectivity index (χ2n) is 5.12. The molecule has 1 N–H and O–H groups in total. The van der Waals surface area contributed by atoms with Crippen molar-refractivity contribution in [1.29, 1.82) is 5.26 Å². The lowest BCUT2D eigenvalue weighted by Gasteiger charge is -2.24. The fourth-order valence-electron chi connectivity index (χ4n) is 2.68. The predicted octanol–water partition coefficient (Wildman–Crippen LogP) is 2.98. The first-order chi connectivity index (χ1) is 9.22. The van der Waals surface area contributed by atoms with Gasteiger partial charge >= 0.3 is 0 Å². The summed E-state index contributed by atoms with van der Waals surface area (Å²) in [6, 6.07) is 7.28. The molecule has 1 aromatic rings. The highest BCUT2D eigenvalue weighted by Crippen LogP contribution is 2.22. The maximum absolute atomic E-state index is 13.4. The van der Waals surface area contributed by atoms with Crippen LogP contribution in [0.1, 0.15) is 31.2 Å². The molecule has 1 fully saturated rings. The molecule has 1 aliphatic carbocycles. The van der Waals surface area contributed by atoms with Crippen molar-refractivity contribution in [2.45, 2.75) is 31.7 Å². The zero-order chi connectivity index (χ0) is 13.7. The maximum Gasteiger partial charge on any atom is 0.143 e. The highest BCUT2D eigenvalue weighted by atomic mass is 19.1. The van der Waals surface area contributed by atoms with Gasteiger partial charge in [-0.15, -0.1) is 0 Å². The van der Waals surface area contributed by atoms with Crippen molar-refractivity contribution in [3.05, 3.63) is 29.6 Å². The molecule has 0 radical (unpaired) electrons. The lowest BCUT2D eigenvalue weighted by molar-refractivity contribution is 0.254. The molecule has 0 aliphatic heterocycles. The Hall–Kier alpha value is -1.60. The largest absolute Gasteiger partial charge is 0.383 e. The van der Waals surface area contributed by atoms with Crippen LogP contribution in [0, 0.1) is 17.1 Å². The van der Waals surface area contributed by atoms with E-state index in [1.165, 1.54) is 31.7 Å². The number of likely N-dealkylation sites (N-methyl/N-ethyl adjacent to an activating group) is 1. The molecule has 0 bridgehead atoms. The molecule has 1 aromatic carbocycles. The number of nitrogens with one attached hydrogen (secondary N) is 1. The Morgan fingerprint density at radius 1 is 1.42 bits per heavy atom. The van der Waals surface area contributed by atoms with Gasteiger partial charge in [0.1, 0.15) is 17.4 Å². The van der Waals surface area contributed by atoms with E-state index < -0.39 is 5.82 Å². The molecule has 1 aliphatic rings. The molecule has 1 saturated carbocycles. The van der Waals surface area contributed by atoms with E-state index in [4.69, 9.17) is 5.26 Å². The van der Waals surface area contributed by atoms with Crippen LogP contribution in [0.15, 0.2) is 18.2 Å². The number of anilines is 1. The first-order valence-corrected chi connectivity index (χ1v) is 6.85. The normalized spacial score (nSPS) is 15.7. The Morgan fingerprint density at radius 2 is 2.16 bits per heavy atom. The molecule has 0 unspecified atom stereocenters. The molecular weight excluding hydrogens is 241 g/mol. The lowest BCUT2D eigenvalue weighted by Crippen LogP contribution is -2.33. The van der Waals surface area contributed by atoms with Crippen molar-refractivity contribution in [1.82, 2.24) is 4.90 Å². The average molecular weight is 261 g/mol. The zero-order valence-corrected chi connectivity index (χ0v) is 11.3. The number of hydrogen-bond donors (Lipinski definition) is 1. The second-order valence-corrected chi connectivity index (χ2v) is 5.12. The maximum atomic E-state index is 13.4. The molecule has 102 valence electrons. The Bertz CT molecular complexity index is 461. The van der Waals surface area contributed by atoms with Crippen molar-refractivity contribution in [3.63, 3.8) is 0 Å².